The summed E-state index contributed by atoms with van der Waals surface area (Å²) in [6, 6.07) is 0. The third-order valence-electron chi connectivity index (χ3n) is 3.08. The van der Waals surface area contributed by atoms with Gasteiger partial charge in [-0.2, -0.15) is 0 Å². The lowest BCUT2D eigenvalue weighted by atomic mass is 10.1. The Labute approximate surface area is 81.9 Å². The number of carbonyl (C=O) groups is 1. The molecule has 0 N–H and O–H groups in total. The van der Waals surface area contributed by atoms with Gasteiger partial charge in [-0.15, -0.1) is 0 Å². The fourth-order valence-corrected chi connectivity index (χ4v) is 1.96. The van der Waals surface area contributed by atoms with Gasteiger partial charge in [-0.3, -0.25) is 0 Å². The van der Waals surface area contributed by atoms with Crippen LogP contribution in [0.5, 0.6) is 0 Å². The van der Waals surface area contributed by atoms with E-state index < -0.39 is 0 Å². The molecule has 1 aliphatic carbocycles. The maximum atomic E-state index is 10.4. The Kier molecular flexibility index (Phi) is 5.10. The van der Waals surface area contributed by atoms with E-state index in [-0.39, 0.29) is 0 Å². The predicted octanol–water partition coefficient (Wildman–Crippen LogP) is 3.57. The fraction of sp³-hybridized carbons (Fsp3) is 0.917. The van der Waals surface area contributed by atoms with Crippen LogP contribution >= 0.6 is 0 Å². The van der Waals surface area contributed by atoms with Crippen molar-refractivity contribution >= 4 is 6.29 Å². The summed E-state index contributed by atoms with van der Waals surface area (Å²) in [5.41, 5.74) is 0. The second-order valence-electron chi connectivity index (χ2n) is 4.35. The van der Waals surface area contributed by atoms with Crippen LogP contribution in [0.25, 0.3) is 0 Å². The average Bonchev–Trinajstić information content (AvgIpc) is 2.90. The Hall–Kier alpha value is -0.330. The molecule has 0 aliphatic heterocycles. The van der Waals surface area contributed by atoms with Crippen LogP contribution in [0.15, 0.2) is 0 Å². The van der Waals surface area contributed by atoms with Crippen LogP contribution in [0.2, 0.25) is 0 Å². The van der Waals surface area contributed by atoms with Gasteiger partial charge in [0, 0.05) is 5.92 Å². The maximum absolute atomic E-state index is 10.4. The second kappa shape index (κ2) is 6.17. The smallest absolute Gasteiger partial charge is 0.123 e. The highest BCUT2D eigenvalue weighted by atomic mass is 16.1. The zero-order valence-corrected chi connectivity index (χ0v) is 8.80. The molecule has 1 heteroatoms. The molecule has 0 bridgehead atoms. The second-order valence-corrected chi connectivity index (χ2v) is 4.35. The lowest BCUT2D eigenvalue weighted by Gasteiger charge is -1.99. The number of rotatable bonds is 8. The molecular weight excluding hydrogens is 160 g/mol. The maximum Gasteiger partial charge on any atom is 0.123 e. The molecule has 0 radical (unpaired) electrons. The van der Waals surface area contributed by atoms with Crippen LogP contribution in [-0.4, -0.2) is 6.29 Å². The molecule has 0 aromatic carbocycles. The lowest BCUT2D eigenvalue weighted by molar-refractivity contribution is -0.109. The fourth-order valence-electron chi connectivity index (χ4n) is 1.96. The molecule has 0 saturated heterocycles. The van der Waals surface area contributed by atoms with Gasteiger partial charge in [0.05, 0.1) is 0 Å². The topological polar surface area (TPSA) is 17.1 Å². The van der Waals surface area contributed by atoms with E-state index in [0.717, 1.165) is 12.2 Å². The average molecular weight is 182 g/mol. The molecule has 0 amide bonds. The molecule has 0 heterocycles. The molecule has 1 rings (SSSR count). The number of hydrogen-bond donors (Lipinski definition) is 0. The third-order valence-corrected chi connectivity index (χ3v) is 3.08. The highest BCUT2D eigenvalue weighted by molar-refractivity contribution is 5.58. The van der Waals surface area contributed by atoms with Crippen molar-refractivity contribution in [3.8, 4) is 0 Å². The zero-order valence-electron chi connectivity index (χ0n) is 8.80. The first-order chi connectivity index (χ1) is 6.38. The van der Waals surface area contributed by atoms with E-state index in [2.05, 4.69) is 6.92 Å². The minimum Gasteiger partial charge on any atom is -0.303 e. The third kappa shape index (κ3) is 4.44. The molecule has 0 aromatic heterocycles. The normalized spacial score (nSPS) is 25.9. The van der Waals surface area contributed by atoms with Crippen LogP contribution in [0.3, 0.4) is 0 Å². The van der Waals surface area contributed by atoms with Gasteiger partial charge >= 0.3 is 0 Å². The molecule has 1 saturated carbocycles. The first-order valence-corrected chi connectivity index (χ1v) is 5.83. The Bertz CT molecular complexity index is 142. The van der Waals surface area contributed by atoms with Crippen LogP contribution in [-0.2, 0) is 4.79 Å². The van der Waals surface area contributed by atoms with E-state index in [1.165, 1.54) is 51.4 Å². The van der Waals surface area contributed by atoms with Gasteiger partial charge < -0.3 is 4.79 Å². The highest BCUT2D eigenvalue weighted by Gasteiger charge is 2.35. The minimum atomic E-state index is 0.440. The number of carbonyl (C=O) groups excluding carboxylic acids is 1. The summed E-state index contributed by atoms with van der Waals surface area (Å²) in [5.74, 6) is 1.21. The van der Waals surface area contributed by atoms with Crippen LogP contribution in [0, 0.1) is 11.8 Å². The van der Waals surface area contributed by atoms with Crippen molar-refractivity contribution in [3.05, 3.63) is 0 Å². The van der Waals surface area contributed by atoms with E-state index in [1.807, 2.05) is 0 Å². The van der Waals surface area contributed by atoms with Gasteiger partial charge in [-0.05, 0) is 18.8 Å². The van der Waals surface area contributed by atoms with Crippen molar-refractivity contribution in [2.75, 3.05) is 0 Å². The molecule has 0 spiro atoms. The van der Waals surface area contributed by atoms with Crippen molar-refractivity contribution < 1.29 is 4.79 Å². The largest absolute Gasteiger partial charge is 0.303 e. The summed E-state index contributed by atoms with van der Waals surface area (Å²) >= 11 is 0. The van der Waals surface area contributed by atoms with Gasteiger partial charge in [0.1, 0.15) is 6.29 Å². The molecule has 76 valence electrons. The van der Waals surface area contributed by atoms with Gasteiger partial charge in [-0.25, -0.2) is 0 Å². The van der Waals surface area contributed by atoms with Gasteiger partial charge in [0.2, 0.25) is 0 Å². The molecule has 1 aliphatic rings. The van der Waals surface area contributed by atoms with Gasteiger partial charge in [-0.1, -0.05) is 45.4 Å². The first-order valence-electron chi connectivity index (χ1n) is 5.83. The SMILES string of the molecule is CCCCCCCCC1CC1C=O. The number of hydrogen-bond acceptors (Lipinski definition) is 1. The summed E-state index contributed by atoms with van der Waals surface area (Å²) in [5, 5.41) is 0. The molecular formula is C12H22O. The van der Waals surface area contributed by atoms with Crippen molar-refractivity contribution in [1.29, 1.82) is 0 Å². The zero-order chi connectivity index (χ0) is 9.52. The molecule has 1 nitrogen and oxygen atoms in total. The molecule has 2 atom stereocenters. The predicted molar refractivity (Wildman–Crippen MR) is 55.7 cm³/mol. The van der Waals surface area contributed by atoms with Gasteiger partial charge in [0.25, 0.3) is 0 Å². The Balaban J connectivity index is 1.77. The molecule has 1 fully saturated rings. The molecule has 2 unspecified atom stereocenters. The standard InChI is InChI=1S/C12H22O/c1-2-3-4-5-6-7-8-11-9-12(11)10-13/h10-12H,2-9H2,1H3. The number of unbranched alkanes of at least 4 members (excludes halogenated alkanes) is 5. The summed E-state index contributed by atoms with van der Waals surface area (Å²) < 4.78 is 0. The van der Waals surface area contributed by atoms with Crippen LogP contribution in [0.4, 0.5) is 0 Å². The quantitative estimate of drug-likeness (QED) is 0.414. The van der Waals surface area contributed by atoms with Crippen LogP contribution < -0.4 is 0 Å². The van der Waals surface area contributed by atoms with Crippen molar-refractivity contribution in [1.82, 2.24) is 0 Å². The Morgan fingerprint density at radius 3 is 2.46 bits per heavy atom. The summed E-state index contributed by atoms with van der Waals surface area (Å²) in [7, 11) is 0. The Morgan fingerprint density at radius 2 is 1.85 bits per heavy atom. The summed E-state index contributed by atoms with van der Waals surface area (Å²) in [4.78, 5) is 10.4. The van der Waals surface area contributed by atoms with Crippen molar-refractivity contribution in [2.24, 2.45) is 11.8 Å². The molecule has 0 aromatic rings. The van der Waals surface area contributed by atoms with Crippen LogP contribution in [0.1, 0.15) is 58.3 Å². The summed E-state index contributed by atoms with van der Waals surface area (Å²) in [6.45, 7) is 2.25. The lowest BCUT2D eigenvalue weighted by Crippen LogP contribution is -1.85. The number of aldehydes is 1. The van der Waals surface area contributed by atoms with E-state index in [1.54, 1.807) is 0 Å². The van der Waals surface area contributed by atoms with Crippen molar-refractivity contribution in [3.63, 3.8) is 0 Å². The summed E-state index contributed by atoms with van der Waals surface area (Å²) in [6.07, 6.45) is 11.9. The van der Waals surface area contributed by atoms with E-state index in [9.17, 15) is 4.79 Å². The first kappa shape index (κ1) is 10.7. The van der Waals surface area contributed by atoms with Gasteiger partial charge in [0.15, 0.2) is 0 Å². The highest BCUT2D eigenvalue weighted by Crippen LogP contribution is 2.40. The van der Waals surface area contributed by atoms with Crippen molar-refractivity contribution in [2.45, 2.75) is 58.3 Å². The minimum absolute atomic E-state index is 0.440. The Morgan fingerprint density at radius 1 is 1.15 bits per heavy atom. The molecule has 13 heavy (non-hydrogen) atoms. The van der Waals surface area contributed by atoms with E-state index in [4.69, 9.17) is 0 Å². The van der Waals surface area contributed by atoms with E-state index in [0.29, 0.717) is 5.92 Å². The monoisotopic (exact) mass is 182 g/mol. The van der Waals surface area contributed by atoms with E-state index >= 15 is 0 Å².